The zero-order valence-electron chi connectivity index (χ0n) is 11.7. The average Bonchev–Trinajstić information content (AvgIpc) is 2.42. The number of ether oxygens (including phenoxy) is 1. The Morgan fingerprint density at radius 1 is 1.14 bits per heavy atom. The van der Waals surface area contributed by atoms with E-state index in [9.17, 15) is 13.2 Å². The topological polar surface area (TPSA) is 47.0 Å². The summed E-state index contributed by atoms with van der Waals surface area (Å²) in [6.45, 7) is 3.41. The van der Waals surface area contributed by atoms with E-state index in [1.54, 1.807) is 20.9 Å². The molecule has 0 spiro atoms. The Kier molecular flexibility index (Phi) is 4.02. The molecule has 0 radical (unpaired) electrons. The SMILES string of the molecule is CNc1nc(C)nc(Oc2cccc(C(F)(F)F)c2)c1C. The molecule has 1 N–H and O–H groups in total. The molecule has 2 rings (SSSR count). The maximum atomic E-state index is 12.7. The summed E-state index contributed by atoms with van der Waals surface area (Å²) in [6, 6.07) is 4.67. The number of aryl methyl sites for hydroxylation is 1. The van der Waals surface area contributed by atoms with Crippen molar-refractivity contribution in [3.63, 3.8) is 0 Å². The van der Waals surface area contributed by atoms with Gasteiger partial charge in [0, 0.05) is 7.05 Å². The van der Waals surface area contributed by atoms with Gasteiger partial charge in [0.05, 0.1) is 11.1 Å². The third-order valence-electron chi connectivity index (χ3n) is 2.83. The quantitative estimate of drug-likeness (QED) is 0.932. The molecule has 21 heavy (non-hydrogen) atoms. The Labute approximate surface area is 120 Å². The molecule has 4 nitrogen and oxygen atoms in total. The van der Waals surface area contributed by atoms with Gasteiger partial charge in [-0.3, -0.25) is 0 Å². The first-order chi connectivity index (χ1) is 9.81. The monoisotopic (exact) mass is 297 g/mol. The van der Waals surface area contributed by atoms with Crippen LogP contribution in [0.15, 0.2) is 24.3 Å². The molecule has 0 aliphatic rings. The third kappa shape index (κ3) is 3.42. The number of rotatable bonds is 3. The highest BCUT2D eigenvalue weighted by Gasteiger charge is 2.30. The van der Waals surface area contributed by atoms with Crippen molar-refractivity contribution in [2.45, 2.75) is 20.0 Å². The molecular weight excluding hydrogens is 283 g/mol. The standard InChI is InChI=1S/C14H14F3N3O/c1-8-12(18-3)19-9(2)20-13(8)21-11-6-4-5-10(7-11)14(15,16)17/h4-7H,1-3H3,(H,18,19,20). The van der Waals surface area contributed by atoms with Gasteiger partial charge in [-0.15, -0.1) is 0 Å². The van der Waals surface area contributed by atoms with Gasteiger partial charge >= 0.3 is 6.18 Å². The van der Waals surface area contributed by atoms with Crippen LogP contribution in [0.3, 0.4) is 0 Å². The van der Waals surface area contributed by atoms with Gasteiger partial charge in [0.15, 0.2) is 0 Å². The van der Waals surface area contributed by atoms with E-state index in [-0.39, 0.29) is 11.6 Å². The first kappa shape index (κ1) is 15.1. The Morgan fingerprint density at radius 2 is 1.86 bits per heavy atom. The number of nitrogens with zero attached hydrogens (tertiary/aromatic N) is 2. The van der Waals surface area contributed by atoms with Crippen molar-refractivity contribution in [1.29, 1.82) is 0 Å². The van der Waals surface area contributed by atoms with E-state index in [2.05, 4.69) is 15.3 Å². The second-order valence-electron chi connectivity index (χ2n) is 4.43. The highest BCUT2D eigenvalue weighted by molar-refractivity contribution is 5.49. The Hall–Kier alpha value is -2.31. The van der Waals surface area contributed by atoms with E-state index in [4.69, 9.17) is 4.74 Å². The summed E-state index contributed by atoms with van der Waals surface area (Å²) < 4.78 is 43.5. The van der Waals surface area contributed by atoms with Crippen LogP contribution in [0.2, 0.25) is 0 Å². The lowest BCUT2D eigenvalue weighted by Gasteiger charge is -2.13. The molecule has 1 aromatic carbocycles. The van der Waals surface area contributed by atoms with Crippen LogP contribution in [-0.2, 0) is 6.18 Å². The van der Waals surface area contributed by atoms with E-state index in [0.717, 1.165) is 12.1 Å². The fourth-order valence-electron chi connectivity index (χ4n) is 1.79. The predicted molar refractivity (Wildman–Crippen MR) is 72.6 cm³/mol. The molecule has 1 aromatic heterocycles. The van der Waals surface area contributed by atoms with Gasteiger partial charge in [0.1, 0.15) is 17.4 Å². The lowest BCUT2D eigenvalue weighted by Crippen LogP contribution is -2.05. The molecule has 0 unspecified atom stereocenters. The van der Waals surface area contributed by atoms with Crippen molar-refractivity contribution in [2.75, 3.05) is 12.4 Å². The highest BCUT2D eigenvalue weighted by Crippen LogP contribution is 2.33. The van der Waals surface area contributed by atoms with Gasteiger partial charge in [0.2, 0.25) is 5.88 Å². The number of hydrogen-bond acceptors (Lipinski definition) is 4. The Morgan fingerprint density at radius 3 is 2.48 bits per heavy atom. The number of nitrogens with one attached hydrogen (secondary N) is 1. The van der Waals surface area contributed by atoms with E-state index in [1.165, 1.54) is 12.1 Å². The van der Waals surface area contributed by atoms with Crippen molar-refractivity contribution in [3.8, 4) is 11.6 Å². The minimum absolute atomic E-state index is 0.0769. The Balaban J connectivity index is 2.37. The van der Waals surface area contributed by atoms with Crippen LogP contribution in [0.5, 0.6) is 11.6 Å². The summed E-state index contributed by atoms with van der Waals surface area (Å²) >= 11 is 0. The second kappa shape index (κ2) is 5.59. The van der Waals surface area contributed by atoms with Gasteiger partial charge < -0.3 is 10.1 Å². The molecule has 7 heteroatoms. The highest BCUT2D eigenvalue weighted by atomic mass is 19.4. The molecule has 112 valence electrons. The molecule has 0 saturated heterocycles. The van der Waals surface area contributed by atoms with E-state index in [1.807, 2.05) is 0 Å². The maximum Gasteiger partial charge on any atom is 0.416 e. The maximum absolute atomic E-state index is 12.7. The number of anilines is 1. The second-order valence-corrected chi connectivity index (χ2v) is 4.43. The van der Waals surface area contributed by atoms with Crippen molar-refractivity contribution < 1.29 is 17.9 Å². The fourth-order valence-corrected chi connectivity index (χ4v) is 1.79. The molecule has 0 atom stereocenters. The third-order valence-corrected chi connectivity index (χ3v) is 2.83. The number of hydrogen-bond donors (Lipinski definition) is 1. The van der Waals surface area contributed by atoms with Crippen LogP contribution in [0, 0.1) is 13.8 Å². The van der Waals surface area contributed by atoms with Crippen molar-refractivity contribution >= 4 is 5.82 Å². The van der Waals surface area contributed by atoms with Crippen LogP contribution in [0.1, 0.15) is 17.0 Å². The van der Waals surface area contributed by atoms with Crippen LogP contribution in [-0.4, -0.2) is 17.0 Å². The largest absolute Gasteiger partial charge is 0.439 e. The lowest BCUT2D eigenvalue weighted by atomic mass is 10.2. The molecular formula is C14H14F3N3O. The van der Waals surface area contributed by atoms with E-state index in [0.29, 0.717) is 17.2 Å². The molecule has 0 fully saturated rings. The zero-order chi connectivity index (χ0) is 15.6. The number of halogens is 3. The van der Waals surface area contributed by atoms with Crippen molar-refractivity contribution in [2.24, 2.45) is 0 Å². The molecule has 1 heterocycles. The van der Waals surface area contributed by atoms with Gasteiger partial charge in [0.25, 0.3) is 0 Å². The first-order valence-electron chi connectivity index (χ1n) is 6.19. The molecule has 0 amide bonds. The number of benzene rings is 1. The molecule has 2 aromatic rings. The zero-order valence-corrected chi connectivity index (χ0v) is 11.7. The number of alkyl halides is 3. The summed E-state index contributed by atoms with van der Waals surface area (Å²) in [4.78, 5) is 8.28. The molecule has 0 aliphatic carbocycles. The van der Waals surface area contributed by atoms with E-state index >= 15 is 0 Å². The minimum atomic E-state index is -4.41. The molecule has 0 bridgehead atoms. The Bertz CT molecular complexity index is 656. The number of aromatic nitrogens is 2. The first-order valence-corrected chi connectivity index (χ1v) is 6.19. The summed E-state index contributed by atoms with van der Waals surface area (Å²) in [5.74, 6) is 1.34. The smallest absolute Gasteiger partial charge is 0.416 e. The average molecular weight is 297 g/mol. The van der Waals surface area contributed by atoms with Crippen LogP contribution in [0.4, 0.5) is 19.0 Å². The van der Waals surface area contributed by atoms with Crippen LogP contribution < -0.4 is 10.1 Å². The summed E-state index contributed by atoms with van der Waals surface area (Å²) in [5, 5.41) is 2.89. The normalized spacial score (nSPS) is 11.3. The van der Waals surface area contributed by atoms with Gasteiger partial charge in [-0.25, -0.2) is 4.98 Å². The van der Waals surface area contributed by atoms with E-state index < -0.39 is 11.7 Å². The lowest BCUT2D eigenvalue weighted by molar-refractivity contribution is -0.137. The fraction of sp³-hybridized carbons (Fsp3) is 0.286. The summed E-state index contributed by atoms with van der Waals surface area (Å²) in [5.41, 5.74) is -0.141. The summed E-state index contributed by atoms with van der Waals surface area (Å²) in [6.07, 6.45) is -4.41. The van der Waals surface area contributed by atoms with Crippen molar-refractivity contribution in [1.82, 2.24) is 9.97 Å². The molecule has 0 aliphatic heterocycles. The van der Waals surface area contributed by atoms with Crippen LogP contribution >= 0.6 is 0 Å². The summed E-state index contributed by atoms with van der Waals surface area (Å²) in [7, 11) is 1.70. The minimum Gasteiger partial charge on any atom is -0.439 e. The predicted octanol–water partition coefficient (Wildman–Crippen LogP) is 3.95. The molecule has 0 saturated carbocycles. The van der Waals surface area contributed by atoms with Crippen molar-refractivity contribution in [3.05, 3.63) is 41.2 Å². The van der Waals surface area contributed by atoms with Gasteiger partial charge in [-0.05, 0) is 32.0 Å². The van der Waals surface area contributed by atoms with Crippen LogP contribution in [0.25, 0.3) is 0 Å². The van der Waals surface area contributed by atoms with Gasteiger partial charge in [-0.1, -0.05) is 6.07 Å². The van der Waals surface area contributed by atoms with Gasteiger partial charge in [-0.2, -0.15) is 18.2 Å².